The minimum atomic E-state index is 0.526. The van der Waals surface area contributed by atoms with Crippen LogP contribution in [0.5, 0.6) is 5.75 Å². The lowest BCUT2D eigenvalue weighted by atomic mass is 10.2. The third kappa shape index (κ3) is 5.61. The number of halogens is 1. The molecule has 1 aromatic carbocycles. The fourth-order valence-electron chi connectivity index (χ4n) is 3.21. The number of likely N-dealkylation sites (N-methyl/N-ethyl adjacent to an activating group) is 1. The Bertz CT molecular complexity index is 774. The Balaban J connectivity index is 1.57. The van der Waals surface area contributed by atoms with E-state index in [1.54, 1.807) is 0 Å². The van der Waals surface area contributed by atoms with Crippen LogP contribution in [0.25, 0.3) is 0 Å². The molecule has 0 amide bonds. The second-order valence-electron chi connectivity index (χ2n) is 6.89. The molecule has 1 N–H and O–H groups in total. The van der Waals surface area contributed by atoms with Crippen molar-refractivity contribution in [1.29, 1.82) is 0 Å². The normalized spacial score (nSPS) is 14.3. The van der Waals surface area contributed by atoms with Gasteiger partial charge in [-0.05, 0) is 44.0 Å². The summed E-state index contributed by atoms with van der Waals surface area (Å²) in [6, 6.07) is 7.40. The highest BCUT2D eigenvalue weighted by atomic mass is 35.5. The first-order valence-corrected chi connectivity index (χ1v) is 10.3. The van der Waals surface area contributed by atoms with Crippen molar-refractivity contribution in [3.05, 3.63) is 40.9 Å². The van der Waals surface area contributed by atoms with Gasteiger partial charge < -0.3 is 19.5 Å². The van der Waals surface area contributed by atoms with Gasteiger partial charge in [0.15, 0.2) is 11.8 Å². The van der Waals surface area contributed by atoms with Gasteiger partial charge in [0, 0.05) is 31.6 Å². The van der Waals surface area contributed by atoms with E-state index in [0.717, 1.165) is 42.9 Å². The molecule has 7 nitrogen and oxygen atoms in total. The molecule has 0 fully saturated rings. The smallest absolute Gasteiger partial charge is 0.194 e. The Morgan fingerprint density at radius 1 is 1.25 bits per heavy atom. The minimum Gasteiger partial charge on any atom is -0.492 e. The van der Waals surface area contributed by atoms with Gasteiger partial charge in [-0.2, -0.15) is 0 Å². The Morgan fingerprint density at radius 3 is 2.86 bits per heavy atom. The Kier molecular flexibility index (Phi) is 7.54. The monoisotopic (exact) mass is 404 g/mol. The molecule has 0 spiro atoms. The Hall–Kier alpha value is -2.28. The van der Waals surface area contributed by atoms with E-state index in [1.807, 2.05) is 31.3 Å². The lowest BCUT2D eigenvalue weighted by molar-refractivity contribution is 0.281. The number of benzene rings is 1. The van der Waals surface area contributed by atoms with Gasteiger partial charge in [0.25, 0.3) is 0 Å². The van der Waals surface area contributed by atoms with Gasteiger partial charge in [-0.3, -0.25) is 0 Å². The molecule has 0 unspecified atom stereocenters. The molecule has 0 radical (unpaired) electrons. The van der Waals surface area contributed by atoms with E-state index < -0.39 is 0 Å². The Morgan fingerprint density at radius 2 is 2.07 bits per heavy atom. The van der Waals surface area contributed by atoms with Gasteiger partial charge in [-0.15, -0.1) is 10.2 Å². The number of aryl methyl sites for hydroxylation is 1. The van der Waals surface area contributed by atoms with Gasteiger partial charge >= 0.3 is 0 Å². The molecule has 28 heavy (non-hydrogen) atoms. The topological polar surface area (TPSA) is 67.6 Å². The molecule has 2 heterocycles. The molecule has 2 aromatic rings. The Labute approximate surface area is 171 Å². The molecular weight excluding hydrogens is 376 g/mol. The number of ether oxygens (including phenoxy) is 1. The molecule has 1 aliphatic rings. The van der Waals surface area contributed by atoms with Gasteiger partial charge in [0.05, 0.1) is 6.54 Å². The molecule has 0 aliphatic carbocycles. The zero-order valence-corrected chi connectivity index (χ0v) is 17.5. The lowest BCUT2D eigenvalue weighted by Gasteiger charge is -2.22. The summed E-state index contributed by atoms with van der Waals surface area (Å²) in [7, 11) is 2.01. The zero-order chi connectivity index (χ0) is 19.8. The summed E-state index contributed by atoms with van der Waals surface area (Å²) < 4.78 is 8.03. The van der Waals surface area contributed by atoms with Crippen LogP contribution in [0.2, 0.25) is 5.02 Å². The van der Waals surface area contributed by atoms with E-state index in [9.17, 15) is 0 Å². The summed E-state index contributed by atoms with van der Waals surface area (Å²) in [5, 5.41) is 12.8. The molecule has 0 atom stereocenters. The zero-order valence-electron chi connectivity index (χ0n) is 16.7. The molecular formula is C20H29ClN6O. The highest BCUT2D eigenvalue weighted by Crippen LogP contribution is 2.16. The first-order valence-electron chi connectivity index (χ1n) is 9.96. The van der Waals surface area contributed by atoms with Crippen LogP contribution in [0.4, 0.5) is 0 Å². The van der Waals surface area contributed by atoms with Crippen molar-refractivity contribution in [1.82, 2.24) is 25.0 Å². The number of hydrogen-bond acceptors (Lipinski definition) is 4. The van der Waals surface area contributed by atoms with E-state index >= 15 is 0 Å². The standard InChI is InChI=1S/C20H29ClN6O/c1-3-22-20(26(2)13-14-28-17-10-8-16(21)9-11-17)23-15-19-25-24-18-7-5-4-6-12-27(18)19/h8-11H,3-7,12-15H2,1-2H3,(H,22,23). The van der Waals surface area contributed by atoms with E-state index in [-0.39, 0.29) is 0 Å². The number of guanidine groups is 1. The van der Waals surface area contributed by atoms with Crippen LogP contribution in [0.1, 0.15) is 37.8 Å². The highest BCUT2D eigenvalue weighted by Gasteiger charge is 2.15. The average Bonchev–Trinajstić information content (AvgIpc) is 2.92. The number of rotatable bonds is 7. The average molecular weight is 405 g/mol. The van der Waals surface area contributed by atoms with E-state index in [4.69, 9.17) is 21.3 Å². The second kappa shape index (κ2) is 10.3. The molecule has 0 bridgehead atoms. The summed E-state index contributed by atoms with van der Waals surface area (Å²) in [5.41, 5.74) is 0. The molecule has 1 aliphatic heterocycles. The highest BCUT2D eigenvalue weighted by molar-refractivity contribution is 6.30. The third-order valence-electron chi connectivity index (χ3n) is 4.76. The number of hydrogen-bond donors (Lipinski definition) is 1. The van der Waals surface area contributed by atoms with Gasteiger partial charge in [0.1, 0.15) is 24.7 Å². The largest absolute Gasteiger partial charge is 0.492 e. The van der Waals surface area contributed by atoms with Gasteiger partial charge in [-0.1, -0.05) is 18.0 Å². The number of aromatic nitrogens is 3. The first-order chi connectivity index (χ1) is 13.7. The maximum atomic E-state index is 5.90. The van der Waals surface area contributed by atoms with Crippen molar-refractivity contribution in [2.24, 2.45) is 4.99 Å². The van der Waals surface area contributed by atoms with Gasteiger partial charge in [-0.25, -0.2) is 4.99 Å². The predicted molar refractivity (Wildman–Crippen MR) is 112 cm³/mol. The predicted octanol–water partition coefficient (Wildman–Crippen LogP) is 3.13. The van der Waals surface area contributed by atoms with Crippen LogP contribution in [-0.4, -0.2) is 52.4 Å². The van der Waals surface area contributed by atoms with E-state index in [0.29, 0.717) is 24.7 Å². The quantitative estimate of drug-likeness (QED) is 0.567. The number of nitrogens with zero attached hydrogens (tertiary/aromatic N) is 5. The van der Waals surface area contributed by atoms with Crippen LogP contribution >= 0.6 is 11.6 Å². The van der Waals surface area contributed by atoms with Crippen molar-refractivity contribution < 1.29 is 4.74 Å². The maximum Gasteiger partial charge on any atom is 0.194 e. The number of nitrogens with one attached hydrogen (secondary N) is 1. The summed E-state index contributed by atoms with van der Waals surface area (Å²) in [6.07, 6.45) is 4.65. The van der Waals surface area contributed by atoms with Crippen molar-refractivity contribution in [2.45, 2.75) is 45.7 Å². The van der Waals surface area contributed by atoms with E-state index in [1.165, 1.54) is 19.3 Å². The lowest BCUT2D eigenvalue weighted by Crippen LogP contribution is -2.41. The van der Waals surface area contributed by atoms with Crippen LogP contribution in [0.15, 0.2) is 29.3 Å². The fourth-order valence-corrected chi connectivity index (χ4v) is 3.34. The molecule has 1 aromatic heterocycles. The number of fused-ring (bicyclic) bond motifs is 1. The van der Waals surface area contributed by atoms with Crippen molar-refractivity contribution in [3.63, 3.8) is 0 Å². The molecule has 3 rings (SSSR count). The van der Waals surface area contributed by atoms with Crippen molar-refractivity contribution in [2.75, 3.05) is 26.7 Å². The minimum absolute atomic E-state index is 0.526. The fraction of sp³-hybridized carbons (Fsp3) is 0.550. The third-order valence-corrected chi connectivity index (χ3v) is 5.01. The van der Waals surface area contributed by atoms with Crippen LogP contribution in [0, 0.1) is 0 Å². The van der Waals surface area contributed by atoms with Crippen LogP contribution in [0.3, 0.4) is 0 Å². The summed E-state index contributed by atoms with van der Waals surface area (Å²) in [4.78, 5) is 6.84. The maximum absolute atomic E-state index is 5.90. The van der Waals surface area contributed by atoms with E-state index in [2.05, 4.69) is 31.9 Å². The summed E-state index contributed by atoms with van der Waals surface area (Å²) in [5.74, 6) is 3.69. The first kappa shape index (κ1) is 20.5. The summed E-state index contributed by atoms with van der Waals surface area (Å²) in [6.45, 7) is 5.66. The molecule has 0 saturated heterocycles. The number of aliphatic imine (C=N–C) groups is 1. The molecule has 152 valence electrons. The molecule has 8 heteroatoms. The second-order valence-corrected chi connectivity index (χ2v) is 7.33. The van der Waals surface area contributed by atoms with Crippen molar-refractivity contribution >= 4 is 17.6 Å². The van der Waals surface area contributed by atoms with Crippen LogP contribution in [-0.2, 0) is 19.5 Å². The van der Waals surface area contributed by atoms with Gasteiger partial charge in [0.2, 0.25) is 0 Å². The SMILES string of the molecule is CCNC(=NCc1nnc2n1CCCCC2)N(C)CCOc1ccc(Cl)cc1. The molecule has 0 saturated carbocycles. The summed E-state index contributed by atoms with van der Waals surface area (Å²) >= 11 is 5.90. The van der Waals surface area contributed by atoms with Crippen LogP contribution < -0.4 is 10.1 Å². The van der Waals surface area contributed by atoms with Crippen molar-refractivity contribution in [3.8, 4) is 5.75 Å².